The first-order chi connectivity index (χ1) is 13.1. The Labute approximate surface area is 167 Å². The van der Waals surface area contributed by atoms with Crippen molar-refractivity contribution in [2.45, 2.75) is 32.1 Å². The molecule has 28 heavy (non-hydrogen) atoms. The average Bonchev–Trinajstić information content (AvgIpc) is 2.96. The number of carbonyl (C=O) groups is 1. The summed E-state index contributed by atoms with van der Waals surface area (Å²) in [5.74, 6) is -0.239. The molecular weight excluding hydrogens is 396 g/mol. The van der Waals surface area contributed by atoms with Crippen LogP contribution in [0.15, 0.2) is 29.2 Å². The van der Waals surface area contributed by atoms with Crippen LogP contribution in [0, 0.1) is 20.8 Å². The molecule has 2 aromatic heterocycles. The first-order valence-corrected chi connectivity index (χ1v) is 11.0. The lowest BCUT2D eigenvalue weighted by molar-refractivity contribution is 0.0959. The number of hydrogen-bond acceptors (Lipinski definition) is 6. The molecule has 9 heteroatoms. The highest BCUT2D eigenvalue weighted by molar-refractivity contribution is 7.89. The molecule has 2 heterocycles. The van der Waals surface area contributed by atoms with Crippen LogP contribution in [0.3, 0.4) is 0 Å². The Morgan fingerprint density at radius 3 is 2.39 bits per heavy atom. The van der Waals surface area contributed by atoms with Gasteiger partial charge in [-0.15, -0.1) is 11.3 Å². The topological polar surface area (TPSA) is 128 Å². The third-order valence-electron chi connectivity index (χ3n) is 4.83. The van der Waals surface area contributed by atoms with Gasteiger partial charge in [0.1, 0.15) is 9.71 Å². The molecule has 0 unspecified atom stereocenters. The van der Waals surface area contributed by atoms with E-state index in [9.17, 15) is 13.2 Å². The number of aromatic nitrogens is 1. The van der Waals surface area contributed by atoms with Crippen molar-refractivity contribution in [1.82, 2.24) is 10.3 Å². The molecule has 1 aromatic carbocycles. The van der Waals surface area contributed by atoms with Crippen LogP contribution in [0.5, 0.6) is 0 Å². The van der Waals surface area contributed by atoms with E-state index in [0.717, 1.165) is 32.6 Å². The Hall–Kier alpha value is -2.49. The summed E-state index contributed by atoms with van der Waals surface area (Å²) in [5, 5.41) is 8.79. The maximum absolute atomic E-state index is 12.6. The number of amides is 1. The molecule has 3 rings (SSSR count). The fourth-order valence-corrected chi connectivity index (χ4v) is 4.62. The smallest absolute Gasteiger partial charge is 0.263 e. The lowest BCUT2D eigenvalue weighted by Gasteiger charge is -2.07. The Bertz CT molecular complexity index is 1170. The molecule has 0 bridgehead atoms. The number of nitrogen functional groups attached to an aromatic ring is 1. The molecule has 3 aromatic rings. The van der Waals surface area contributed by atoms with Gasteiger partial charge in [0.2, 0.25) is 10.0 Å². The van der Waals surface area contributed by atoms with Gasteiger partial charge < -0.3 is 11.1 Å². The Morgan fingerprint density at radius 2 is 1.79 bits per heavy atom. The average molecular weight is 419 g/mol. The van der Waals surface area contributed by atoms with Crippen LogP contribution in [0.25, 0.3) is 10.2 Å². The number of fused-ring (bicyclic) bond motifs is 1. The fourth-order valence-electron chi connectivity index (χ4n) is 2.98. The van der Waals surface area contributed by atoms with Gasteiger partial charge in [-0.3, -0.25) is 4.79 Å². The van der Waals surface area contributed by atoms with Crippen molar-refractivity contribution < 1.29 is 13.2 Å². The van der Waals surface area contributed by atoms with Crippen molar-refractivity contribution in [3.8, 4) is 0 Å². The number of anilines is 1. The number of aryl methyl sites for hydroxylation is 2. The van der Waals surface area contributed by atoms with Crippen molar-refractivity contribution >= 4 is 43.2 Å². The molecule has 0 spiro atoms. The lowest BCUT2D eigenvalue weighted by atomic mass is 10.1. The van der Waals surface area contributed by atoms with Gasteiger partial charge in [-0.1, -0.05) is 12.1 Å². The quantitative estimate of drug-likeness (QED) is 0.586. The largest absolute Gasteiger partial charge is 0.397 e. The van der Waals surface area contributed by atoms with E-state index in [1.54, 1.807) is 12.1 Å². The number of rotatable bonds is 5. The number of primary sulfonamides is 1. The predicted molar refractivity (Wildman–Crippen MR) is 112 cm³/mol. The van der Waals surface area contributed by atoms with Crippen LogP contribution < -0.4 is 16.2 Å². The van der Waals surface area contributed by atoms with Crippen molar-refractivity contribution in [2.75, 3.05) is 12.3 Å². The molecule has 0 aliphatic carbocycles. The zero-order valence-corrected chi connectivity index (χ0v) is 17.5. The van der Waals surface area contributed by atoms with E-state index in [2.05, 4.69) is 10.3 Å². The SMILES string of the molecule is Cc1nc2sc(C(=O)NCCc3ccc(S(N)(=O)=O)cc3)c(N)c2c(C)c1C. The third kappa shape index (κ3) is 3.87. The van der Waals surface area contributed by atoms with E-state index in [4.69, 9.17) is 10.9 Å². The van der Waals surface area contributed by atoms with Crippen molar-refractivity contribution in [1.29, 1.82) is 0 Å². The van der Waals surface area contributed by atoms with Gasteiger partial charge in [0, 0.05) is 17.6 Å². The normalized spacial score (nSPS) is 11.7. The van der Waals surface area contributed by atoms with Gasteiger partial charge in [0.05, 0.1) is 10.6 Å². The van der Waals surface area contributed by atoms with E-state index in [1.807, 2.05) is 20.8 Å². The van der Waals surface area contributed by atoms with Crippen LogP contribution in [0.1, 0.15) is 32.1 Å². The monoisotopic (exact) mass is 418 g/mol. The first kappa shape index (κ1) is 20.2. The minimum Gasteiger partial charge on any atom is -0.397 e. The minimum absolute atomic E-state index is 0.0618. The molecule has 1 amide bonds. The summed E-state index contributed by atoms with van der Waals surface area (Å²) in [4.78, 5) is 18.4. The first-order valence-electron chi connectivity index (χ1n) is 8.65. The second-order valence-electron chi connectivity index (χ2n) is 6.67. The summed E-state index contributed by atoms with van der Waals surface area (Å²) in [6, 6.07) is 6.27. The van der Waals surface area contributed by atoms with E-state index < -0.39 is 10.0 Å². The zero-order chi connectivity index (χ0) is 20.6. The number of nitrogens with zero attached hydrogens (tertiary/aromatic N) is 1. The second kappa shape index (κ2) is 7.50. The van der Waals surface area contributed by atoms with Crippen LogP contribution in [-0.2, 0) is 16.4 Å². The Balaban J connectivity index is 1.72. The second-order valence-corrected chi connectivity index (χ2v) is 9.23. The molecule has 0 saturated heterocycles. The summed E-state index contributed by atoms with van der Waals surface area (Å²) in [6.07, 6.45) is 0.553. The van der Waals surface area contributed by atoms with E-state index in [1.165, 1.54) is 23.5 Å². The van der Waals surface area contributed by atoms with Gasteiger partial charge >= 0.3 is 0 Å². The fraction of sp³-hybridized carbons (Fsp3) is 0.263. The molecule has 0 radical (unpaired) electrons. The predicted octanol–water partition coefficient (Wildman–Crippen LogP) is 2.42. The number of pyridine rings is 1. The summed E-state index contributed by atoms with van der Waals surface area (Å²) < 4.78 is 22.6. The van der Waals surface area contributed by atoms with Gasteiger partial charge in [0.25, 0.3) is 5.91 Å². The lowest BCUT2D eigenvalue weighted by Crippen LogP contribution is -2.25. The molecule has 0 atom stereocenters. The highest BCUT2D eigenvalue weighted by Gasteiger charge is 2.20. The van der Waals surface area contributed by atoms with Crippen LogP contribution in [-0.4, -0.2) is 25.9 Å². The van der Waals surface area contributed by atoms with Crippen molar-refractivity contribution in [3.63, 3.8) is 0 Å². The van der Waals surface area contributed by atoms with Gasteiger partial charge in [-0.05, 0) is 56.0 Å². The van der Waals surface area contributed by atoms with Crippen LogP contribution in [0.4, 0.5) is 5.69 Å². The molecule has 0 aliphatic rings. The van der Waals surface area contributed by atoms with E-state index in [0.29, 0.717) is 23.5 Å². The number of thiophene rings is 1. The Kier molecular flexibility index (Phi) is 5.42. The number of hydrogen-bond donors (Lipinski definition) is 3. The molecule has 0 saturated carbocycles. The number of nitrogens with one attached hydrogen (secondary N) is 1. The molecule has 0 fully saturated rings. The zero-order valence-electron chi connectivity index (χ0n) is 15.9. The number of sulfonamides is 1. The maximum Gasteiger partial charge on any atom is 0.263 e. The van der Waals surface area contributed by atoms with Gasteiger partial charge in [0.15, 0.2) is 0 Å². The number of nitrogens with two attached hydrogens (primary N) is 2. The van der Waals surface area contributed by atoms with E-state index >= 15 is 0 Å². The molecule has 7 nitrogen and oxygen atoms in total. The Morgan fingerprint density at radius 1 is 1.14 bits per heavy atom. The van der Waals surface area contributed by atoms with Gasteiger partial charge in [-0.25, -0.2) is 18.5 Å². The van der Waals surface area contributed by atoms with Crippen LogP contribution in [0.2, 0.25) is 0 Å². The summed E-state index contributed by atoms with van der Waals surface area (Å²) in [5.41, 5.74) is 10.6. The summed E-state index contributed by atoms with van der Waals surface area (Å²) in [7, 11) is -3.71. The molecule has 5 N–H and O–H groups in total. The van der Waals surface area contributed by atoms with E-state index in [-0.39, 0.29) is 10.8 Å². The summed E-state index contributed by atoms with van der Waals surface area (Å²) in [6.45, 7) is 6.32. The number of benzene rings is 1. The maximum atomic E-state index is 12.6. The van der Waals surface area contributed by atoms with Crippen LogP contribution >= 0.6 is 11.3 Å². The summed E-state index contributed by atoms with van der Waals surface area (Å²) >= 11 is 1.29. The highest BCUT2D eigenvalue weighted by Crippen LogP contribution is 2.36. The van der Waals surface area contributed by atoms with Gasteiger partial charge in [-0.2, -0.15) is 0 Å². The molecular formula is C19H22N4O3S2. The van der Waals surface area contributed by atoms with Crippen molar-refractivity contribution in [2.24, 2.45) is 5.14 Å². The third-order valence-corrected chi connectivity index (χ3v) is 6.86. The number of carbonyl (C=O) groups excluding carboxylic acids is 1. The highest BCUT2D eigenvalue weighted by atomic mass is 32.2. The molecule has 148 valence electrons. The van der Waals surface area contributed by atoms with Crippen molar-refractivity contribution in [3.05, 3.63) is 51.5 Å². The molecule has 0 aliphatic heterocycles. The minimum atomic E-state index is -3.71. The standard InChI is InChI=1S/C19H22N4O3S2/c1-10-11(2)15-16(20)17(27-19(15)23-12(10)3)18(24)22-9-8-13-4-6-14(7-5-13)28(21,25)26/h4-7H,8-9,20H2,1-3H3,(H,22,24)(H2,21,25,26).